The first-order valence-electron chi connectivity index (χ1n) is 5.35. The molecule has 0 aliphatic rings. The third-order valence-corrected chi connectivity index (χ3v) is 2.41. The zero-order chi connectivity index (χ0) is 12.8. The zero-order valence-electron chi connectivity index (χ0n) is 10.1. The third-order valence-electron chi connectivity index (χ3n) is 2.41. The number of nitrogens with zero attached hydrogens (tertiary/aromatic N) is 1. The summed E-state index contributed by atoms with van der Waals surface area (Å²) in [7, 11) is 3.23. The molecule has 17 heavy (non-hydrogen) atoms. The summed E-state index contributed by atoms with van der Waals surface area (Å²) in [6, 6.07) is 4.06. The molecule has 1 aromatic carbocycles. The molecule has 0 aliphatic heterocycles. The Balaban J connectivity index is 2.68. The fourth-order valence-electron chi connectivity index (χ4n) is 1.46. The highest BCUT2D eigenvalue weighted by atomic mass is 19.1. The van der Waals surface area contributed by atoms with Crippen LogP contribution in [0.2, 0.25) is 0 Å². The van der Waals surface area contributed by atoms with Gasteiger partial charge in [-0.2, -0.15) is 0 Å². The highest BCUT2D eigenvalue weighted by Gasteiger charge is 2.15. The number of benzene rings is 1. The minimum Gasteiger partial charge on any atom is -0.399 e. The third kappa shape index (κ3) is 3.71. The van der Waals surface area contributed by atoms with Gasteiger partial charge in [0.25, 0.3) is 5.91 Å². The molecule has 0 atom stereocenters. The lowest BCUT2D eigenvalue weighted by Gasteiger charge is -2.17. The van der Waals surface area contributed by atoms with E-state index in [2.05, 4.69) is 0 Å². The molecule has 0 radical (unpaired) electrons. The van der Waals surface area contributed by atoms with Crippen molar-refractivity contribution in [1.29, 1.82) is 0 Å². The highest BCUT2D eigenvalue weighted by molar-refractivity contribution is 5.94. The molecule has 0 saturated heterocycles. The minimum absolute atomic E-state index is 0.0408. The lowest BCUT2D eigenvalue weighted by Crippen LogP contribution is -2.29. The number of ether oxygens (including phenoxy) is 1. The molecule has 0 heterocycles. The standard InChI is InChI=1S/C12H17FN2O2/c1-15(6-3-7-17-2)12(16)10-5-4-9(14)8-11(10)13/h4-5,8H,3,6-7,14H2,1-2H3. The molecule has 4 nitrogen and oxygen atoms in total. The number of nitrogens with two attached hydrogens (primary N) is 1. The van der Waals surface area contributed by atoms with Crippen molar-refractivity contribution in [3.63, 3.8) is 0 Å². The predicted octanol–water partition coefficient (Wildman–Crippen LogP) is 1.52. The molecule has 1 aromatic rings. The van der Waals surface area contributed by atoms with Crippen LogP contribution in [0, 0.1) is 5.82 Å². The average molecular weight is 240 g/mol. The molecule has 0 saturated carbocycles. The van der Waals surface area contributed by atoms with Gasteiger partial charge in [0.1, 0.15) is 5.82 Å². The maximum atomic E-state index is 13.5. The first kappa shape index (κ1) is 13.4. The molecule has 0 unspecified atom stereocenters. The van der Waals surface area contributed by atoms with Gasteiger partial charge in [0, 0.05) is 33.0 Å². The van der Waals surface area contributed by atoms with E-state index >= 15 is 0 Å². The largest absolute Gasteiger partial charge is 0.399 e. The Kier molecular flexibility index (Phi) is 4.90. The number of carbonyl (C=O) groups is 1. The molecule has 0 bridgehead atoms. The number of carbonyl (C=O) groups excluding carboxylic acids is 1. The van der Waals surface area contributed by atoms with Gasteiger partial charge in [-0.3, -0.25) is 4.79 Å². The Morgan fingerprint density at radius 2 is 2.24 bits per heavy atom. The Morgan fingerprint density at radius 3 is 2.82 bits per heavy atom. The van der Waals surface area contributed by atoms with Gasteiger partial charge in [0.2, 0.25) is 0 Å². The quantitative estimate of drug-likeness (QED) is 0.627. The monoisotopic (exact) mass is 240 g/mol. The summed E-state index contributed by atoms with van der Waals surface area (Å²) >= 11 is 0. The maximum absolute atomic E-state index is 13.5. The van der Waals surface area contributed by atoms with E-state index in [1.165, 1.54) is 17.0 Å². The van der Waals surface area contributed by atoms with Crippen LogP contribution in [0.5, 0.6) is 0 Å². The number of anilines is 1. The fourth-order valence-corrected chi connectivity index (χ4v) is 1.46. The van der Waals surface area contributed by atoms with Gasteiger partial charge in [0.05, 0.1) is 5.56 Å². The van der Waals surface area contributed by atoms with E-state index < -0.39 is 5.82 Å². The molecule has 1 rings (SSSR count). The maximum Gasteiger partial charge on any atom is 0.256 e. The summed E-state index contributed by atoms with van der Waals surface area (Å²) in [4.78, 5) is 13.3. The second kappa shape index (κ2) is 6.20. The highest BCUT2D eigenvalue weighted by Crippen LogP contribution is 2.13. The lowest BCUT2D eigenvalue weighted by molar-refractivity contribution is 0.0775. The molecule has 94 valence electrons. The van der Waals surface area contributed by atoms with Crippen LogP contribution in [0.4, 0.5) is 10.1 Å². The number of hydrogen-bond acceptors (Lipinski definition) is 3. The van der Waals surface area contributed by atoms with Crippen LogP contribution in [-0.2, 0) is 4.74 Å². The number of hydrogen-bond donors (Lipinski definition) is 1. The van der Waals surface area contributed by atoms with Gasteiger partial charge in [-0.15, -0.1) is 0 Å². The van der Waals surface area contributed by atoms with Crippen LogP contribution in [0.1, 0.15) is 16.8 Å². The van der Waals surface area contributed by atoms with Crippen molar-refractivity contribution in [2.75, 3.05) is 33.0 Å². The van der Waals surface area contributed by atoms with E-state index in [4.69, 9.17) is 10.5 Å². The van der Waals surface area contributed by atoms with Gasteiger partial charge < -0.3 is 15.4 Å². The van der Waals surface area contributed by atoms with Gasteiger partial charge >= 0.3 is 0 Å². The SMILES string of the molecule is COCCCN(C)C(=O)c1ccc(N)cc1F. The first-order chi connectivity index (χ1) is 8.06. The van der Waals surface area contributed by atoms with Crippen molar-refractivity contribution in [3.8, 4) is 0 Å². The fraction of sp³-hybridized carbons (Fsp3) is 0.417. The van der Waals surface area contributed by atoms with E-state index in [0.29, 0.717) is 18.8 Å². The van der Waals surface area contributed by atoms with E-state index in [-0.39, 0.29) is 11.5 Å². The van der Waals surface area contributed by atoms with Crippen LogP contribution in [0.15, 0.2) is 18.2 Å². The average Bonchev–Trinajstić information content (AvgIpc) is 2.28. The topological polar surface area (TPSA) is 55.6 Å². The molecular weight excluding hydrogens is 223 g/mol. The van der Waals surface area contributed by atoms with Crippen LogP contribution in [0.3, 0.4) is 0 Å². The smallest absolute Gasteiger partial charge is 0.256 e. The number of amides is 1. The van der Waals surface area contributed by atoms with Crippen molar-refractivity contribution < 1.29 is 13.9 Å². The number of halogens is 1. The second-order valence-corrected chi connectivity index (χ2v) is 3.81. The molecule has 0 fully saturated rings. The van der Waals surface area contributed by atoms with E-state index in [1.54, 1.807) is 14.2 Å². The molecule has 0 aromatic heterocycles. The van der Waals surface area contributed by atoms with Crippen molar-refractivity contribution >= 4 is 11.6 Å². The van der Waals surface area contributed by atoms with Gasteiger partial charge in [0.15, 0.2) is 0 Å². The van der Waals surface area contributed by atoms with E-state index in [1.807, 2.05) is 0 Å². The van der Waals surface area contributed by atoms with Gasteiger partial charge in [-0.1, -0.05) is 0 Å². The Hall–Kier alpha value is -1.62. The van der Waals surface area contributed by atoms with Crippen molar-refractivity contribution in [2.45, 2.75) is 6.42 Å². The minimum atomic E-state index is -0.589. The Bertz CT molecular complexity index is 396. The van der Waals surface area contributed by atoms with Crippen LogP contribution in [0.25, 0.3) is 0 Å². The molecule has 0 spiro atoms. The summed E-state index contributed by atoms with van der Waals surface area (Å²) in [6.45, 7) is 1.10. The molecule has 1 amide bonds. The number of rotatable bonds is 5. The number of methoxy groups -OCH3 is 1. The zero-order valence-corrected chi connectivity index (χ0v) is 10.1. The summed E-state index contributed by atoms with van der Waals surface area (Å²) in [6.07, 6.45) is 0.718. The Morgan fingerprint density at radius 1 is 1.53 bits per heavy atom. The molecular formula is C12H17FN2O2. The summed E-state index contributed by atoms with van der Waals surface area (Å²) in [5.74, 6) is -0.938. The second-order valence-electron chi connectivity index (χ2n) is 3.81. The van der Waals surface area contributed by atoms with Gasteiger partial charge in [-0.05, 0) is 24.6 Å². The van der Waals surface area contributed by atoms with Crippen molar-refractivity contribution in [1.82, 2.24) is 4.90 Å². The summed E-state index contributed by atoms with van der Waals surface area (Å²) < 4.78 is 18.4. The van der Waals surface area contributed by atoms with Crippen LogP contribution >= 0.6 is 0 Å². The first-order valence-corrected chi connectivity index (χ1v) is 5.35. The molecule has 2 N–H and O–H groups in total. The van der Waals surface area contributed by atoms with Gasteiger partial charge in [-0.25, -0.2) is 4.39 Å². The molecule has 0 aliphatic carbocycles. The number of nitrogen functional groups attached to an aromatic ring is 1. The lowest BCUT2D eigenvalue weighted by atomic mass is 10.1. The summed E-state index contributed by atoms with van der Waals surface area (Å²) in [5, 5.41) is 0. The van der Waals surface area contributed by atoms with Crippen molar-refractivity contribution in [3.05, 3.63) is 29.6 Å². The van der Waals surface area contributed by atoms with Crippen LogP contribution < -0.4 is 5.73 Å². The van der Waals surface area contributed by atoms with E-state index in [0.717, 1.165) is 12.5 Å². The molecule has 5 heteroatoms. The summed E-state index contributed by atoms with van der Waals surface area (Å²) in [5.41, 5.74) is 5.77. The van der Waals surface area contributed by atoms with E-state index in [9.17, 15) is 9.18 Å². The van der Waals surface area contributed by atoms with Crippen LogP contribution in [-0.4, -0.2) is 38.1 Å². The normalized spacial score (nSPS) is 10.3. The predicted molar refractivity (Wildman–Crippen MR) is 64.3 cm³/mol. The Labute approximate surface area is 100 Å². The van der Waals surface area contributed by atoms with Crippen molar-refractivity contribution in [2.24, 2.45) is 0 Å².